The molecule has 2 heteroatoms. The van der Waals surface area contributed by atoms with E-state index in [1.807, 2.05) is 12.1 Å². The molecule has 0 bridgehead atoms. The van der Waals surface area contributed by atoms with E-state index < -0.39 is 0 Å². The first-order valence-electron chi connectivity index (χ1n) is 15.0. The third kappa shape index (κ3) is 3.96. The topological polar surface area (TPSA) is 16.4 Å². The molecule has 206 valence electrons. The van der Waals surface area contributed by atoms with E-state index in [1.54, 1.807) is 0 Å². The Hall–Kier alpha value is -5.86. The second-order valence-corrected chi connectivity index (χ2v) is 11.4. The van der Waals surface area contributed by atoms with Crippen molar-refractivity contribution in [2.75, 3.05) is 4.90 Å². The van der Waals surface area contributed by atoms with Gasteiger partial charge in [-0.1, -0.05) is 115 Å². The summed E-state index contributed by atoms with van der Waals surface area (Å²) < 4.78 is 6.22. The molecular weight excluding hydrogens is 534 g/mol. The SMILES string of the molecule is c1cc(-c2ccc3ccccc3c2)cc(N(c2ccc3oc4ccccc4c3c2)c2cc3ccccc3c3ccccc23)c1. The minimum absolute atomic E-state index is 0.892. The Morgan fingerprint density at radius 3 is 1.89 bits per heavy atom. The molecule has 44 heavy (non-hydrogen) atoms. The maximum atomic E-state index is 6.22. The van der Waals surface area contributed by atoms with Crippen LogP contribution in [0.2, 0.25) is 0 Å². The number of para-hydroxylation sites is 1. The van der Waals surface area contributed by atoms with Gasteiger partial charge in [0.2, 0.25) is 0 Å². The van der Waals surface area contributed by atoms with E-state index in [4.69, 9.17) is 4.42 Å². The second kappa shape index (κ2) is 9.86. The van der Waals surface area contributed by atoms with E-state index in [-0.39, 0.29) is 0 Å². The molecule has 0 aliphatic rings. The summed E-state index contributed by atoms with van der Waals surface area (Å²) in [4.78, 5) is 2.40. The van der Waals surface area contributed by atoms with Crippen molar-refractivity contribution in [3.05, 3.63) is 164 Å². The maximum absolute atomic E-state index is 6.22. The summed E-state index contributed by atoms with van der Waals surface area (Å²) in [6, 6.07) is 58.7. The molecular formula is C42H27NO. The Balaban J connectivity index is 1.31. The number of nitrogens with zero attached hydrogens (tertiary/aromatic N) is 1. The lowest BCUT2D eigenvalue weighted by molar-refractivity contribution is 0.669. The van der Waals surface area contributed by atoms with Gasteiger partial charge < -0.3 is 9.32 Å². The molecule has 0 aliphatic carbocycles. The molecule has 0 radical (unpaired) electrons. The quantitative estimate of drug-likeness (QED) is 0.199. The summed E-state index contributed by atoms with van der Waals surface area (Å²) in [6.45, 7) is 0. The van der Waals surface area contributed by atoms with Crippen LogP contribution in [-0.4, -0.2) is 0 Å². The molecule has 0 atom stereocenters. The van der Waals surface area contributed by atoms with Crippen molar-refractivity contribution in [1.29, 1.82) is 0 Å². The van der Waals surface area contributed by atoms with Gasteiger partial charge in [-0.05, 0) is 86.6 Å². The summed E-state index contributed by atoms with van der Waals surface area (Å²) in [7, 11) is 0. The maximum Gasteiger partial charge on any atom is 0.135 e. The van der Waals surface area contributed by atoms with Crippen LogP contribution < -0.4 is 4.90 Å². The fourth-order valence-electron chi connectivity index (χ4n) is 6.69. The molecule has 0 saturated heterocycles. The fourth-order valence-corrected chi connectivity index (χ4v) is 6.69. The first kappa shape index (κ1) is 24.7. The first-order chi connectivity index (χ1) is 21.8. The smallest absolute Gasteiger partial charge is 0.135 e. The zero-order chi connectivity index (χ0) is 29.0. The molecule has 8 aromatic carbocycles. The van der Waals surface area contributed by atoms with Crippen LogP contribution >= 0.6 is 0 Å². The van der Waals surface area contributed by atoms with E-state index in [0.717, 1.165) is 39.0 Å². The summed E-state index contributed by atoms with van der Waals surface area (Å²) in [5.41, 5.74) is 7.50. The van der Waals surface area contributed by atoms with Crippen molar-refractivity contribution in [2.24, 2.45) is 0 Å². The molecule has 0 fully saturated rings. The van der Waals surface area contributed by atoms with Gasteiger partial charge in [0.15, 0.2) is 0 Å². The summed E-state index contributed by atoms with van der Waals surface area (Å²) in [5, 5.41) is 9.64. The van der Waals surface area contributed by atoms with E-state index in [2.05, 4.69) is 157 Å². The first-order valence-corrected chi connectivity index (χ1v) is 15.0. The molecule has 2 nitrogen and oxygen atoms in total. The predicted octanol–water partition coefficient (Wildman–Crippen LogP) is 12.2. The van der Waals surface area contributed by atoms with Crippen LogP contribution in [-0.2, 0) is 0 Å². The highest BCUT2D eigenvalue weighted by atomic mass is 16.3. The van der Waals surface area contributed by atoms with Crippen LogP contribution in [0.25, 0.3) is 65.4 Å². The van der Waals surface area contributed by atoms with Crippen LogP contribution in [0.3, 0.4) is 0 Å². The fraction of sp³-hybridized carbons (Fsp3) is 0. The van der Waals surface area contributed by atoms with Gasteiger partial charge in [0, 0.05) is 27.5 Å². The van der Waals surface area contributed by atoms with Crippen LogP contribution in [0.4, 0.5) is 17.1 Å². The van der Waals surface area contributed by atoms with Gasteiger partial charge in [-0.25, -0.2) is 0 Å². The van der Waals surface area contributed by atoms with Gasteiger partial charge in [-0.3, -0.25) is 0 Å². The number of hydrogen-bond acceptors (Lipinski definition) is 2. The van der Waals surface area contributed by atoms with Gasteiger partial charge in [-0.15, -0.1) is 0 Å². The summed E-state index contributed by atoms with van der Waals surface area (Å²) >= 11 is 0. The molecule has 1 heterocycles. The van der Waals surface area contributed by atoms with Crippen LogP contribution in [0.15, 0.2) is 168 Å². The lowest BCUT2D eigenvalue weighted by Crippen LogP contribution is -2.10. The van der Waals surface area contributed by atoms with Crippen molar-refractivity contribution in [3.8, 4) is 11.1 Å². The minimum Gasteiger partial charge on any atom is -0.456 e. The van der Waals surface area contributed by atoms with Gasteiger partial charge >= 0.3 is 0 Å². The molecule has 1 aromatic heterocycles. The van der Waals surface area contributed by atoms with Gasteiger partial charge in [0.05, 0.1) is 5.69 Å². The number of benzene rings is 8. The second-order valence-electron chi connectivity index (χ2n) is 11.4. The highest BCUT2D eigenvalue weighted by Gasteiger charge is 2.19. The zero-order valence-corrected chi connectivity index (χ0v) is 23.9. The molecule has 0 spiro atoms. The average Bonchev–Trinajstić information content (AvgIpc) is 3.46. The van der Waals surface area contributed by atoms with Gasteiger partial charge in [0.1, 0.15) is 11.2 Å². The van der Waals surface area contributed by atoms with Gasteiger partial charge in [-0.2, -0.15) is 0 Å². The number of anilines is 3. The van der Waals surface area contributed by atoms with Gasteiger partial charge in [0.25, 0.3) is 0 Å². The number of hydrogen-bond donors (Lipinski definition) is 0. The molecule has 9 rings (SSSR count). The standard InChI is InChI=1S/C42H27NO/c1-2-11-29-24-31(21-20-28(29)10-1)30-13-9-14-33(25-30)43(34-22-23-42-39(27-34)38-18-7-8-19-41(38)44-42)40-26-32-12-3-4-15-35(32)36-16-5-6-17-37(36)40/h1-27H. The highest BCUT2D eigenvalue weighted by molar-refractivity contribution is 6.15. The van der Waals surface area contributed by atoms with Crippen LogP contribution in [0.5, 0.6) is 0 Å². The largest absolute Gasteiger partial charge is 0.456 e. The Bertz CT molecular complexity index is 2520. The normalized spacial score (nSPS) is 11.6. The van der Waals surface area contributed by atoms with E-state index in [0.29, 0.717) is 0 Å². The van der Waals surface area contributed by atoms with Crippen molar-refractivity contribution in [3.63, 3.8) is 0 Å². The third-order valence-electron chi connectivity index (χ3n) is 8.79. The van der Waals surface area contributed by atoms with Crippen molar-refractivity contribution in [2.45, 2.75) is 0 Å². The Morgan fingerprint density at radius 1 is 0.341 bits per heavy atom. The summed E-state index contributed by atoms with van der Waals surface area (Å²) in [6.07, 6.45) is 0. The molecule has 0 amide bonds. The van der Waals surface area contributed by atoms with Crippen molar-refractivity contribution < 1.29 is 4.42 Å². The molecule has 0 aliphatic heterocycles. The monoisotopic (exact) mass is 561 g/mol. The average molecular weight is 562 g/mol. The van der Waals surface area contributed by atoms with E-state index in [1.165, 1.54) is 43.4 Å². The summed E-state index contributed by atoms with van der Waals surface area (Å²) in [5.74, 6) is 0. The minimum atomic E-state index is 0.892. The van der Waals surface area contributed by atoms with E-state index in [9.17, 15) is 0 Å². The highest BCUT2D eigenvalue weighted by Crippen LogP contribution is 2.44. The molecule has 0 saturated carbocycles. The number of furan rings is 1. The third-order valence-corrected chi connectivity index (χ3v) is 8.79. The lowest BCUT2D eigenvalue weighted by atomic mass is 9.98. The molecule has 9 aromatic rings. The molecule has 0 N–H and O–H groups in total. The van der Waals surface area contributed by atoms with Crippen molar-refractivity contribution in [1.82, 2.24) is 0 Å². The Morgan fingerprint density at radius 2 is 1.00 bits per heavy atom. The Labute approximate surface area is 255 Å². The predicted molar refractivity (Wildman–Crippen MR) is 186 cm³/mol. The van der Waals surface area contributed by atoms with Crippen LogP contribution in [0, 0.1) is 0 Å². The number of rotatable bonds is 4. The number of fused-ring (bicyclic) bond motifs is 7. The Kier molecular flexibility index (Phi) is 5.54. The van der Waals surface area contributed by atoms with Crippen molar-refractivity contribution >= 4 is 71.3 Å². The zero-order valence-electron chi connectivity index (χ0n) is 23.9. The van der Waals surface area contributed by atoms with Crippen LogP contribution in [0.1, 0.15) is 0 Å². The lowest BCUT2D eigenvalue weighted by Gasteiger charge is -2.28. The molecule has 0 unspecified atom stereocenters. The van der Waals surface area contributed by atoms with E-state index >= 15 is 0 Å².